The molecule has 1 aromatic rings. The summed E-state index contributed by atoms with van der Waals surface area (Å²) in [6, 6.07) is -0.297. The van der Waals surface area contributed by atoms with Gasteiger partial charge in [-0.15, -0.1) is 0 Å². The van der Waals surface area contributed by atoms with Gasteiger partial charge in [0, 0.05) is 6.07 Å². The summed E-state index contributed by atoms with van der Waals surface area (Å²) in [5.74, 6) is -5.19. The third kappa shape index (κ3) is 3.00. The first-order chi connectivity index (χ1) is 8.48. The van der Waals surface area contributed by atoms with Gasteiger partial charge in [0.1, 0.15) is 6.04 Å². The molecule has 106 valence electrons. The van der Waals surface area contributed by atoms with E-state index in [1.54, 1.807) is 0 Å². The normalized spacial score (nSPS) is 14.3. The molecule has 0 saturated heterocycles. The minimum Gasteiger partial charge on any atom is -0.319 e. The lowest BCUT2D eigenvalue weighted by atomic mass is 10.0. The number of nitrogens with two attached hydrogens (primary N) is 1. The van der Waals surface area contributed by atoms with Crippen molar-refractivity contribution in [1.29, 1.82) is 0 Å². The van der Waals surface area contributed by atoms with E-state index < -0.39 is 34.3 Å². The average Bonchev–Trinajstić information content (AvgIpc) is 2.26. The van der Waals surface area contributed by atoms with Crippen molar-refractivity contribution in [2.75, 3.05) is 0 Å². The SMILES string of the molecule is N[C@@H](c1ccc(Br)c([N+](=O)[O-])c1)C(F)(F)C(F)(F)F. The second kappa shape index (κ2) is 5.00. The molecule has 0 aliphatic carbocycles. The highest BCUT2D eigenvalue weighted by molar-refractivity contribution is 9.10. The second-order valence-electron chi connectivity index (χ2n) is 3.57. The molecule has 0 unspecified atom stereocenters. The van der Waals surface area contributed by atoms with E-state index in [0.717, 1.165) is 12.1 Å². The Labute approximate surface area is 111 Å². The standard InChI is InChI=1S/C9H6BrF5N2O2/c10-5-2-1-4(3-6(5)17(18)19)7(16)8(11,12)9(13,14)15/h1-3,7H,16H2/t7-/m0/s1. The highest BCUT2D eigenvalue weighted by atomic mass is 79.9. The maximum absolute atomic E-state index is 13.0. The largest absolute Gasteiger partial charge is 0.455 e. The molecule has 0 spiro atoms. The van der Waals surface area contributed by atoms with Gasteiger partial charge in [-0.3, -0.25) is 10.1 Å². The molecule has 0 fully saturated rings. The smallest absolute Gasteiger partial charge is 0.319 e. The van der Waals surface area contributed by atoms with E-state index in [2.05, 4.69) is 15.9 Å². The summed E-state index contributed by atoms with van der Waals surface area (Å²) in [4.78, 5) is 9.64. The highest BCUT2D eigenvalue weighted by Crippen LogP contribution is 2.44. The zero-order chi connectivity index (χ0) is 15.0. The Morgan fingerprint density at radius 2 is 1.79 bits per heavy atom. The van der Waals surface area contributed by atoms with Gasteiger partial charge in [0.25, 0.3) is 5.69 Å². The summed E-state index contributed by atoms with van der Waals surface area (Å²) in [6.45, 7) is 0. The zero-order valence-corrected chi connectivity index (χ0v) is 10.5. The number of nitro benzene ring substituents is 1. The molecule has 19 heavy (non-hydrogen) atoms. The molecular weight excluding hydrogens is 343 g/mol. The summed E-state index contributed by atoms with van der Waals surface area (Å²) in [7, 11) is 0. The van der Waals surface area contributed by atoms with E-state index in [-0.39, 0.29) is 4.47 Å². The lowest BCUT2D eigenvalue weighted by Crippen LogP contribution is -2.45. The fraction of sp³-hybridized carbons (Fsp3) is 0.333. The molecule has 0 bridgehead atoms. The van der Waals surface area contributed by atoms with Gasteiger partial charge in [-0.05, 0) is 27.6 Å². The zero-order valence-electron chi connectivity index (χ0n) is 8.92. The Kier molecular flexibility index (Phi) is 4.15. The van der Waals surface area contributed by atoms with Crippen LogP contribution in [0.5, 0.6) is 0 Å². The number of rotatable bonds is 3. The van der Waals surface area contributed by atoms with Crippen molar-refractivity contribution in [3.8, 4) is 0 Å². The Balaban J connectivity index is 3.25. The van der Waals surface area contributed by atoms with Gasteiger partial charge in [-0.2, -0.15) is 22.0 Å². The van der Waals surface area contributed by atoms with Crippen molar-refractivity contribution in [1.82, 2.24) is 0 Å². The van der Waals surface area contributed by atoms with Crippen LogP contribution in [0.4, 0.5) is 27.6 Å². The van der Waals surface area contributed by atoms with E-state index in [9.17, 15) is 32.1 Å². The van der Waals surface area contributed by atoms with Gasteiger partial charge in [-0.1, -0.05) is 6.07 Å². The van der Waals surface area contributed by atoms with E-state index in [1.165, 1.54) is 0 Å². The average molecular weight is 349 g/mol. The number of hydrogen-bond donors (Lipinski definition) is 1. The van der Waals surface area contributed by atoms with Crippen LogP contribution in [-0.2, 0) is 0 Å². The van der Waals surface area contributed by atoms with Crippen LogP contribution in [0.15, 0.2) is 22.7 Å². The van der Waals surface area contributed by atoms with Crippen LogP contribution in [-0.4, -0.2) is 17.0 Å². The molecular formula is C9H6BrF5N2O2. The van der Waals surface area contributed by atoms with Crippen molar-refractivity contribution in [3.05, 3.63) is 38.3 Å². The summed E-state index contributed by atoms with van der Waals surface area (Å²) in [5.41, 5.74) is 3.54. The first-order valence-corrected chi connectivity index (χ1v) is 5.41. The molecule has 0 amide bonds. The monoisotopic (exact) mass is 348 g/mol. The topological polar surface area (TPSA) is 69.2 Å². The molecule has 0 radical (unpaired) electrons. The summed E-state index contributed by atoms with van der Waals surface area (Å²) >= 11 is 2.78. The maximum Gasteiger partial charge on any atom is 0.455 e. The minimum atomic E-state index is -5.84. The third-order valence-corrected chi connectivity index (χ3v) is 2.97. The first kappa shape index (κ1) is 15.8. The van der Waals surface area contributed by atoms with Crippen molar-refractivity contribution >= 4 is 21.6 Å². The number of benzene rings is 1. The summed E-state index contributed by atoms with van der Waals surface area (Å²) in [6.07, 6.45) is -5.84. The molecule has 1 atom stereocenters. The minimum absolute atomic E-state index is 0.0521. The van der Waals surface area contributed by atoms with E-state index in [1.807, 2.05) is 0 Å². The Morgan fingerprint density at radius 1 is 1.26 bits per heavy atom. The molecule has 2 N–H and O–H groups in total. The van der Waals surface area contributed by atoms with Crippen LogP contribution in [0.25, 0.3) is 0 Å². The molecule has 4 nitrogen and oxygen atoms in total. The predicted molar refractivity (Wildman–Crippen MR) is 58.7 cm³/mol. The number of nitrogens with zero attached hydrogens (tertiary/aromatic N) is 1. The lowest BCUT2D eigenvalue weighted by molar-refractivity contribution is -0.385. The summed E-state index contributed by atoms with van der Waals surface area (Å²) < 4.78 is 62.4. The summed E-state index contributed by atoms with van der Waals surface area (Å²) in [5, 5.41) is 10.6. The third-order valence-electron chi connectivity index (χ3n) is 2.29. The molecule has 0 saturated carbocycles. The molecule has 1 rings (SSSR count). The fourth-order valence-electron chi connectivity index (χ4n) is 1.25. The van der Waals surface area contributed by atoms with Crippen molar-refractivity contribution in [3.63, 3.8) is 0 Å². The fourth-order valence-corrected chi connectivity index (χ4v) is 1.64. The predicted octanol–water partition coefficient (Wildman–Crippen LogP) is 3.55. The van der Waals surface area contributed by atoms with Crippen LogP contribution >= 0.6 is 15.9 Å². The van der Waals surface area contributed by atoms with Gasteiger partial charge < -0.3 is 5.73 Å². The number of nitro groups is 1. The number of halogens is 6. The highest BCUT2D eigenvalue weighted by Gasteiger charge is 2.61. The quantitative estimate of drug-likeness (QED) is 0.515. The first-order valence-electron chi connectivity index (χ1n) is 4.62. The van der Waals surface area contributed by atoms with E-state index in [0.29, 0.717) is 6.07 Å². The number of alkyl halides is 5. The van der Waals surface area contributed by atoms with E-state index in [4.69, 9.17) is 5.73 Å². The van der Waals surface area contributed by atoms with Crippen LogP contribution in [0.1, 0.15) is 11.6 Å². The molecule has 1 aromatic carbocycles. The Morgan fingerprint density at radius 3 is 2.21 bits per heavy atom. The molecule has 0 heterocycles. The molecule has 0 aromatic heterocycles. The second-order valence-corrected chi connectivity index (χ2v) is 4.42. The maximum atomic E-state index is 13.0. The van der Waals surface area contributed by atoms with Crippen molar-refractivity contribution in [2.24, 2.45) is 5.73 Å². The van der Waals surface area contributed by atoms with Crippen LogP contribution in [0.3, 0.4) is 0 Å². The van der Waals surface area contributed by atoms with Crippen LogP contribution in [0.2, 0.25) is 0 Å². The Bertz CT molecular complexity index is 506. The van der Waals surface area contributed by atoms with Gasteiger partial charge in [0.05, 0.1) is 9.40 Å². The van der Waals surface area contributed by atoms with E-state index >= 15 is 0 Å². The van der Waals surface area contributed by atoms with Gasteiger partial charge in [-0.25, -0.2) is 0 Å². The van der Waals surface area contributed by atoms with Gasteiger partial charge in [0.2, 0.25) is 0 Å². The van der Waals surface area contributed by atoms with Crippen molar-refractivity contribution in [2.45, 2.75) is 18.1 Å². The number of hydrogen-bond acceptors (Lipinski definition) is 3. The lowest BCUT2D eigenvalue weighted by Gasteiger charge is -2.25. The van der Waals surface area contributed by atoms with Gasteiger partial charge >= 0.3 is 12.1 Å². The molecule has 10 heteroatoms. The molecule has 0 aliphatic rings. The Hall–Kier alpha value is -1.29. The van der Waals surface area contributed by atoms with Crippen molar-refractivity contribution < 1.29 is 26.9 Å². The van der Waals surface area contributed by atoms with Crippen LogP contribution < -0.4 is 5.73 Å². The van der Waals surface area contributed by atoms with Crippen LogP contribution in [0, 0.1) is 10.1 Å². The van der Waals surface area contributed by atoms with Gasteiger partial charge in [0.15, 0.2) is 0 Å². The molecule has 0 aliphatic heterocycles.